The second-order valence-electron chi connectivity index (χ2n) is 3.97. The Bertz CT molecular complexity index is 351. The van der Waals surface area contributed by atoms with Crippen molar-refractivity contribution in [3.05, 3.63) is 23.8 Å². The lowest BCUT2D eigenvalue weighted by Crippen LogP contribution is -2.25. The Morgan fingerprint density at radius 2 is 2.07 bits per heavy atom. The molecule has 0 spiro atoms. The predicted octanol–water partition coefficient (Wildman–Crippen LogP) is 2.26. The molecule has 0 saturated heterocycles. The molecule has 2 rings (SSSR count). The van der Waals surface area contributed by atoms with Gasteiger partial charge in [-0.15, -0.1) is 0 Å². The normalized spacial score (nSPS) is 17.5. The van der Waals surface area contributed by atoms with Crippen LogP contribution in [0.4, 0.5) is 0 Å². The third kappa shape index (κ3) is 1.92. The van der Waals surface area contributed by atoms with Gasteiger partial charge in [-0.1, -0.05) is 19.9 Å². The summed E-state index contributed by atoms with van der Waals surface area (Å²) in [5, 5.41) is 0. The van der Waals surface area contributed by atoms with E-state index < -0.39 is 0 Å². The first-order chi connectivity index (χ1) is 7.22. The van der Waals surface area contributed by atoms with Crippen molar-refractivity contribution in [3.8, 4) is 11.5 Å². The largest absolute Gasteiger partial charge is 0.454 e. The zero-order chi connectivity index (χ0) is 10.8. The van der Waals surface area contributed by atoms with Crippen LogP contribution in [0.3, 0.4) is 0 Å². The Kier molecular flexibility index (Phi) is 2.82. The molecule has 0 bridgehead atoms. The number of nitrogens with two attached hydrogens (primary N) is 1. The van der Waals surface area contributed by atoms with E-state index in [1.165, 1.54) is 5.56 Å². The van der Waals surface area contributed by atoms with E-state index in [0.717, 1.165) is 17.9 Å². The number of rotatable bonds is 3. The van der Waals surface area contributed by atoms with Crippen molar-refractivity contribution >= 4 is 0 Å². The molecule has 0 amide bonds. The van der Waals surface area contributed by atoms with Crippen LogP contribution in [0.2, 0.25) is 0 Å². The highest BCUT2D eigenvalue weighted by Crippen LogP contribution is 2.35. The maximum absolute atomic E-state index is 6.02. The lowest BCUT2D eigenvalue weighted by Gasteiger charge is -2.18. The maximum atomic E-state index is 6.02. The molecular weight excluding hydrogens is 190 g/mol. The standard InChI is InChI=1S/C12H17NO2/c1-3-10(13)8(2)9-4-5-11-12(6-9)15-7-14-11/h4-6,8,10H,3,7,13H2,1-2H3. The molecule has 1 aromatic carbocycles. The summed E-state index contributed by atoms with van der Waals surface area (Å²) in [6.07, 6.45) is 0.982. The van der Waals surface area contributed by atoms with Crippen molar-refractivity contribution in [2.24, 2.45) is 5.73 Å². The maximum Gasteiger partial charge on any atom is 0.231 e. The second kappa shape index (κ2) is 4.11. The molecule has 1 aliphatic rings. The van der Waals surface area contributed by atoms with Gasteiger partial charge in [0.25, 0.3) is 0 Å². The van der Waals surface area contributed by atoms with Crippen LogP contribution in [-0.2, 0) is 0 Å². The quantitative estimate of drug-likeness (QED) is 0.826. The van der Waals surface area contributed by atoms with Gasteiger partial charge in [0.05, 0.1) is 0 Å². The number of ether oxygens (including phenoxy) is 2. The summed E-state index contributed by atoms with van der Waals surface area (Å²) in [6, 6.07) is 6.25. The minimum atomic E-state index is 0.199. The fraction of sp³-hybridized carbons (Fsp3) is 0.500. The molecule has 0 aromatic heterocycles. The van der Waals surface area contributed by atoms with Crippen LogP contribution >= 0.6 is 0 Å². The Morgan fingerprint density at radius 3 is 2.80 bits per heavy atom. The van der Waals surface area contributed by atoms with Crippen LogP contribution in [0.25, 0.3) is 0 Å². The van der Waals surface area contributed by atoms with E-state index in [0.29, 0.717) is 12.7 Å². The number of fused-ring (bicyclic) bond motifs is 1. The van der Waals surface area contributed by atoms with E-state index in [1.54, 1.807) is 0 Å². The monoisotopic (exact) mass is 207 g/mol. The summed E-state index contributed by atoms with van der Waals surface area (Å²) in [6.45, 7) is 4.58. The Hall–Kier alpha value is -1.22. The topological polar surface area (TPSA) is 44.5 Å². The van der Waals surface area contributed by atoms with E-state index in [-0.39, 0.29) is 6.04 Å². The molecule has 0 fully saturated rings. The first-order valence-electron chi connectivity index (χ1n) is 5.37. The average molecular weight is 207 g/mol. The van der Waals surface area contributed by atoms with Crippen molar-refractivity contribution in [2.45, 2.75) is 32.2 Å². The Morgan fingerprint density at radius 1 is 1.33 bits per heavy atom. The first-order valence-corrected chi connectivity index (χ1v) is 5.37. The Labute approximate surface area is 90.2 Å². The molecule has 3 heteroatoms. The van der Waals surface area contributed by atoms with Crippen molar-refractivity contribution in [3.63, 3.8) is 0 Å². The lowest BCUT2D eigenvalue weighted by molar-refractivity contribution is 0.174. The smallest absolute Gasteiger partial charge is 0.231 e. The van der Waals surface area contributed by atoms with Crippen molar-refractivity contribution < 1.29 is 9.47 Å². The summed E-state index contributed by atoms with van der Waals surface area (Å²) >= 11 is 0. The van der Waals surface area contributed by atoms with E-state index in [2.05, 4.69) is 19.9 Å². The van der Waals surface area contributed by atoms with E-state index >= 15 is 0 Å². The highest BCUT2D eigenvalue weighted by Gasteiger charge is 2.18. The van der Waals surface area contributed by atoms with Gasteiger partial charge in [0.1, 0.15) is 0 Å². The molecule has 82 valence electrons. The van der Waals surface area contributed by atoms with E-state index in [4.69, 9.17) is 15.2 Å². The van der Waals surface area contributed by atoms with Crippen LogP contribution in [0.15, 0.2) is 18.2 Å². The molecule has 1 heterocycles. The van der Waals surface area contributed by atoms with Gasteiger partial charge in [0, 0.05) is 6.04 Å². The predicted molar refractivity (Wildman–Crippen MR) is 59.2 cm³/mol. The van der Waals surface area contributed by atoms with Gasteiger partial charge < -0.3 is 15.2 Å². The van der Waals surface area contributed by atoms with Crippen LogP contribution in [0.5, 0.6) is 11.5 Å². The summed E-state index contributed by atoms with van der Waals surface area (Å²) in [5.41, 5.74) is 7.24. The van der Waals surface area contributed by atoms with Crippen molar-refractivity contribution in [2.75, 3.05) is 6.79 Å². The van der Waals surface area contributed by atoms with Gasteiger partial charge >= 0.3 is 0 Å². The fourth-order valence-electron chi connectivity index (χ4n) is 1.80. The van der Waals surface area contributed by atoms with E-state index in [1.807, 2.05) is 12.1 Å². The second-order valence-corrected chi connectivity index (χ2v) is 3.97. The van der Waals surface area contributed by atoms with Gasteiger partial charge in [-0.2, -0.15) is 0 Å². The van der Waals surface area contributed by atoms with Gasteiger partial charge in [0.2, 0.25) is 6.79 Å². The molecule has 0 aliphatic carbocycles. The molecule has 0 radical (unpaired) electrons. The van der Waals surface area contributed by atoms with Crippen LogP contribution < -0.4 is 15.2 Å². The molecule has 1 aliphatic heterocycles. The number of hydrogen-bond donors (Lipinski definition) is 1. The van der Waals surface area contributed by atoms with E-state index in [9.17, 15) is 0 Å². The highest BCUT2D eigenvalue weighted by atomic mass is 16.7. The zero-order valence-electron chi connectivity index (χ0n) is 9.19. The SMILES string of the molecule is CCC(N)C(C)c1ccc2c(c1)OCO2. The highest BCUT2D eigenvalue weighted by molar-refractivity contribution is 5.45. The average Bonchev–Trinajstić information content (AvgIpc) is 2.73. The zero-order valence-corrected chi connectivity index (χ0v) is 9.19. The molecule has 0 saturated carbocycles. The third-order valence-corrected chi connectivity index (χ3v) is 3.04. The molecule has 2 atom stereocenters. The summed E-state index contributed by atoms with van der Waals surface area (Å²) in [5.74, 6) is 2.02. The fourth-order valence-corrected chi connectivity index (χ4v) is 1.80. The molecule has 1 aromatic rings. The minimum absolute atomic E-state index is 0.199. The third-order valence-electron chi connectivity index (χ3n) is 3.04. The molecule has 3 nitrogen and oxygen atoms in total. The van der Waals surface area contributed by atoms with Gasteiger partial charge in [0.15, 0.2) is 11.5 Å². The van der Waals surface area contributed by atoms with Crippen LogP contribution in [0.1, 0.15) is 31.7 Å². The Balaban J connectivity index is 2.22. The van der Waals surface area contributed by atoms with Crippen molar-refractivity contribution in [1.29, 1.82) is 0 Å². The number of benzene rings is 1. The first kappa shape index (κ1) is 10.3. The number of hydrogen-bond acceptors (Lipinski definition) is 3. The molecule has 2 N–H and O–H groups in total. The summed E-state index contributed by atoms with van der Waals surface area (Å²) in [4.78, 5) is 0. The summed E-state index contributed by atoms with van der Waals surface area (Å²) in [7, 11) is 0. The minimum Gasteiger partial charge on any atom is -0.454 e. The van der Waals surface area contributed by atoms with Gasteiger partial charge in [-0.3, -0.25) is 0 Å². The summed E-state index contributed by atoms with van der Waals surface area (Å²) < 4.78 is 10.6. The molecule has 2 unspecified atom stereocenters. The lowest BCUT2D eigenvalue weighted by atomic mass is 9.92. The van der Waals surface area contributed by atoms with Crippen LogP contribution in [0, 0.1) is 0 Å². The molecular formula is C12H17NO2. The van der Waals surface area contributed by atoms with Gasteiger partial charge in [-0.25, -0.2) is 0 Å². The van der Waals surface area contributed by atoms with Crippen molar-refractivity contribution in [1.82, 2.24) is 0 Å². The van der Waals surface area contributed by atoms with Crippen LogP contribution in [-0.4, -0.2) is 12.8 Å². The van der Waals surface area contributed by atoms with Gasteiger partial charge in [-0.05, 0) is 30.0 Å². The molecule has 15 heavy (non-hydrogen) atoms.